The number of hydrogen-bond acceptors (Lipinski definition) is 6. The molecule has 1 saturated heterocycles. The standard InChI is InChI=1S/C15H27N3O6S/c1-5-25(22,23)18-8-6-11(7-9-18)13(20)24-10-12(19)16-14(21)17-15(2,3)4/h11H,5-10H2,1-4H3,(H2,16,17,19,21). The number of hydrogen-bond donors (Lipinski definition) is 2. The van der Waals surface area contributed by atoms with Gasteiger partial charge in [0, 0.05) is 18.6 Å². The van der Waals surface area contributed by atoms with Crippen molar-refractivity contribution in [3.05, 3.63) is 0 Å². The van der Waals surface area contributed by atoms with E-state index in [1.54, 1.807) is 27.7 Å². The van der Waals surface area contributed by atoms with E-state index in [9.17, 15) is 22.8 Å². The lowest BCUT2D eigenvalue weighted by Crippen LogP contribution is -2.49. The summed E-state index contributed by atoms with van der Waals surface area (Å²) in [6, 6.07) is -0.661. The number of amides is 3. The van der Waals surface area contributed by atoms with Gasteiger partial charge >= 0.3 is 12.0 Å². The van der Waals surface area contributed by atoms with E-state index in [2.05, 4.69) is 10.6 Å². The third-order valence-corrected chi connectivity index (χ3v) is 5.51. The molecule has 1 heterocycles. The molecule has 0 aromatic carbocycles. The summed E-state index contributed by atoms with van der Waals surface area (Å²) in [5.74, 6) is -1.70. The second-order valence-corrected chi connectivity index (χ2v) is 9.19. The fraction of sp³-hybridized carbons (Fsp3) is 0.800. The zero-order valence-electron chi connectivity index (χ0n) is 15.1. The van der Waals surface area contributed by atoms with Gasteiger partial charge < -0.3 is 10.1 Å². The van der Waals surface area contributed by atoms with E-state index >= 15 is 0 Å². The number of rotatable bonds is 5. The molecule has 0 spiro atoms. The van der Waals surface area contributed by atoms with Crippen LogP contribution in [0.15, 0.2) is 0 Å². The SMILES string of the molecule is CCS(=O)(=O)N1CCC(C(=O)OCC(=O)NC(=O)NC(C)(C)C)CC1. The molecule has 0 aliphatic carbocycles. The van der Waals surface area contributed by atoms with Gasteiger partial charge in [0.05, 0.1) is 11.7 Å². The van der Waals surface area contributed by atoms with Crippen molar-refractivity contribution in [2.75, 3.05) is 25.4 Å². The zero-order chi connectivity index (χ0) is 19.3. The summed E-state index contributed by atoms with van der Waals surface area (Å²) in [4.78, 5) is 35.1. The minimum absolute atomic E-state index is 0.0267. The molecule has 1 aliphatic heterocycles. The Hall–Kier alpha value is -1.68. The van der Waals surface area contributed by atoms with Crippen LogP contribution in [0, 0.1) is 5.92 Å². The highest BCUT2D eigenvalue weighted by molar-refractivity contribution is 7.89. The number of ether oxygens (including phenoxy) is 1. The second kappa shape index (κ2) is 8.61. The Morgan fingerprint density at radius 2 is 1.72 bits per heavy atom. The predicted molar refractivity (Wildman–Crippen MR) is 91.1 cm³/mol. The number of nitrogens with one attached hydrogen (secondary N) is 2. The van der Waals surface area contributed by atoms with Crippen LogP contribution in [0.5, 0.6) is 0 Å². The van der Waals surface area contributed by atoms with Gasteiger partial charge in [-0.1, -0.05) is 0 Å². The second-order valence-electron chi connectivity index (χ2n) is 6.93. The number of imide groups is 1. The Bertz CT molecular complexity index is 603. The van der Waals surface area contributed by atoms with Gasteiger partial charge in [-0.15, -0.1) is 0 Å². The average Bonchev–Trinajstić information content (AvgIpc) is 2.50. The molecule has 2 N–H and O–H groups in total. The van der Waals surface area contributed by atoms with Crippen molar-refractivity contribution in [1.29, 1.82) is 0 Å². The molecule has 25 heavy (non-hydrogen) atoms. The molecule has 0 atom stereocenters. The Kier molecular flexibility index (Phi) is 7.36. The van der Waals surface area contributed by atoms with E-state index in [-0.39, 0.29) is 18.8 Å². The number of carbonyl (C=O) groups is 3. The quantitative estimate of drug-likeness (QED) is 0.661. The molecule has 0 unspecified atom stereocenters. The molecule has 1 fully saturated rings. The van der Waals surface area contributed by atoms with Crippen LogP contribution in [0.1, 0.15) is 40.5 Å². The maximum Gasteiger partial charge on any atom is 0.321 e. The minimum atomic E-state index is -3.25. The van der Waals surface area contributed by atoms with Crippen LogP contribution in [0.4, 0.5) is 4.79 Å². The minimum Gasteiger partial charge on any atom is -0.455 e. The van der Waals surface area contributed by atoms with Crippen LogP contribution in [-0.4, -0.2) is 61.6 Å². The molecule has 0 bridgehead atoms. The fourth-order valence-electron chi connectivity index (χ4n) is 2.34. The molecule has 1 aliphatic rings. The van der Waals surface area contributed by atoms with Crippen LogP contribution in [-0.2, 0) is 24.3 Å². The van der Waals surface area contributed by atoms with Gasteiger partial charge in [-0.05, 0) is 40.5 Å². The summed E-state index contributed by atoms with van der Waals surface area (Å²) in [5.41, 5.74) is -0.492. The van der Waals surface area contributed by atoms with Crippen LogP contribution >= 0.6 is 0 Å². The summed E-state index contributed by atoms with van der Waals surface area (Å²) in [5, 5.41) is 4.63. The zero-order valence-corrected chi connectivity index (χ0v) is 15.9. The average molecular weight is 377 g/mol. The molecule has 0 radical (unpaired) electrons. The first kappa shape index (κ1) is 21.4. The monoisotopic (exact) mass is 377 g/mol. The van der Waals surface area contributed by atoms with Gasteiger partial charge in [-0.25, -0.2) is 17.5 Å². The molecular formula is C15H27N3O6S. The maximum atomic E-state index is 12.0. The highest BCUT2D eigenvalue weighted by atomic mass is 32.2. The third kappa shape index (κ3) is 7.39. The maximum absolute atomic E-state index is 12.0. The van der Waals surface area contributed by atoms with Crippen molar-refractivity contribution >= 4 is 27.9 Å². The van der Waals surface area contributed by atoms with Crippen molar-refractivity contribution in [2.24, 2.45) is 5.92 Å². The highest BCUT2D eigenvalue weighted by Gasteiger charge is 2.31. The molecule has 10 heteroatoms. The molecule has 0 aromatic rings. The smallest absolute Gasteiger partial charge is 0.321 e. The van der Waals surface area contributed by atoms with E-state index in [1.807, 2.05) is 0 Å². The number of sulfonamides is 1. The number of urea groups is 1. The summed E-state index contributed by atoms with van der Waals surface area (Å²) in [7, 11) is -3.25. The molecule has 144 valence electrons. The fourth-order valence-corrected chi connectivity index (χ4v) is 3.47. The van der Waals surface area contributed by atoms with E-state index in [1.165, 1.54) is 4.31 Å². The summed E-state index contributed by atoms with van der Waals surface area (Å²) in [6.07, 6.45) is 0.703. The molecule has 0 aromatic heterocycles. The van der Waals surface area contributed by atoms with Crippen LogP contribution in [0.25, 0.3) is 0 Å². The van der Waals surface area contributed by atoms with Crippen molar-refractivity contribution in [3.8, 4) is 0 Å². The topological polar surface area (TPSA) is 122 Å². The molecule has 1 rings (SSSR count). The van der Waals surface area contributed by atoms with E-state index in [4.69, 9.17) is 4.74 Å². The Labute approximate surface area is 148 Å². The third-order valence-electron chi connectivity index (χ3n) is 3.63. The molecule has 3 amide bonds. The van der Waals surface area contributed by atoms with Gasteiger partial charge in [0.1, 0.15) is 0 Å². The Morgan fingerprint density at radius 3 is 2.20 bits per heavy atom. The first-order valence-corrected chi connectivity index (χ1v) is 9.82. The Balaban J connectivity index is 2.36. The van der Waals surface area contributed by atoms with Gasteiger partial charge in [0.15, 0.2) is 6.61 Å². The lowest BCUT2D eigenvalue weighted by Gasteiger charge is -2.29. The van der Waals surface area contributed by atoms with Crippen LogP contribution in [0.2, 0.25) is 0 Å². The molecule has 0 saturated carbocycles. The summed E-state index contributed by atoms with van der Waals surface area (Å²) >= 11 is 0. The van der Waals surface area contributed by atoms with Crippen LogP contribution in [0.3, 0.4) is 0 Å². The first-order valence-electron chi connectivity index (χ1n) is 8.21. The largest absolute Gasteiger partial charge is 0.455 e. The van der Waals surface area contributed by atoms with Gasteiger partial charge in [0.25, 0.3) is 5.91 Å². The van der Waals surface area contributed by atoms with E-state index < -0.39 is 46.0 Å². The van der Waals surface area contributed by atoms with Gasteiger partial charge in [-0.3, -0.25) is 14.9 Å². The van der Waals surface area contributed by atoms with Gasteiger partial charge in [-0.2, -0.15) is 0 Å². The van der Waals surface area contributed by atoms with Crippen molar-refractivity contribution in [1.82, 2.24) is 14.9 Å². The summed E-state index contributed by atoms with van der Waals surface area (Å²) in [6.45, 7) is 6.84. The Morgan fingerprint density at radius 1 is 1.16 bits per heavy atom. The lowest BCUT2D eigenvalue weighted by molar-refractivity contribution is -0.153. The first-order chi connectivity index (χ1) is 11.4. The number of carbonyl (C=O) groups excluding carboxylic acids is 3. The van der Waals surface area contributed by atoms with Crippen molar-refractivity contribution in [2.45, 2.75) is 46.1 Å². The van der Waals surface area contributed by atoms with Gasteiger partial charge in [0.2, 0.25) is 10.0 Å². The summed E-state index contributed by atoms with van der Waals surface area (Å²) < 4.78 is 29.8. The van der Waals surface area contributed by atoms with E-state index in [0.717, 1.165) is 0 Å². The highest BCUT2D eigenvalue weighted by Crippen LogP contribution is 2.21. The molecule has 9 nitrogen and oxygen atoms in total. The normalized spacial score (nSPS) is 17.0. The van der Waals surface area contributed by atoms with Crippen LogP contribution < -0.4 is 10.6 Å². The number of piperidine rings is 1. The number of nitrogens with zero attached hydrogens (tertiary/aromatic N) is 1. The van der Waals surface area contributed by atoms with Crippen molar-refractivity contribution in [3.63, 3.8) is 0 Å². The number of esters is 1. The lowest BCUT2D eigenvalue weighted by atomic mass is 9.98. The van der Waals surface area contributed by atoms with E-state index in [0.29, 0.717) is 12.8 Å². The van der Waals surface area contributed by atoms with Crippen molar-refractivity contribution < 1.29 is 27.5 Å². The molecular weight excluding hydrogens is 350 g/mol. The predicted octanol–water partition coefficient (Wildman–Crippen LogP) is 0.216.